The number of Topliss-reactive ketones (excluding diaryl/α,β-unsaturated/α-hetero) is 2. The summed E-state index contributed by atoms with van der Waals surface area (Å²) in [6.45, 7) is 6.18. The van der Waals surface area contributed by atoms with E-state index in [0.717, 1.165) is 30.4 Å². The number of rotatable bonds is 1. The number of ketones is 2. The van der Waals surface area contributed by atoms with Crippen LogP contribution < -0.4 is 0 Å². The zero-order chi connectivity index (χ0) is 20.3. The van der Waals surface area contributed by atoms with E-state index in [1.165, 1.54) is 6.26 Å². The Morgan fingerprint density at radius 2 is 1.79 bits per heavy atom. The van der Waals surface area contributed by atoms with Gasteiger partial charge in [-0.05, 0) is 35.8 Å². The Hall–Kier alpha value is -2.73. The lowest BCUT2D eigenvalue weighted by atomic mass is 9.69. The molecule has 0 N–H and O–H groups in total. The summed E-state index contributed by atoms with van der Waals surface area (Å²) in [5, 5.41) is 0. The summed E-state index contributed by atoms with van der Waals surface area (Å²) < 4.78 is 11.0. The summed E-state index contributed by atoms with van der Waals surface area (Å²) >= 11 is 0. The Morgan fingerprint density at radius 3 is 2.55 bits per heavy atom. The van der Waals surface area contributed by atoms with Crippen molar-refractivity contribution in [2.24, 2.45) is 0 Å². The maximum Gasteiger partial charge on any atom is 0.258 e. The highest BCUT2D eigenvalue weighted by atomic mass is 16.5. The lowest BCUT2D eigenvalue weighted by Crippen LogP contribution is -2.41. The summed E-state index contributed by atoms with van der Waals surface area (Å²) in [6.07, 6.45) is 4.12. The number of hydrogen-bond donors (Lipinski definition) is 0. The fourth-order valence-electron chi connectivity index (χ4n) is 4.93. The van der Waals surface area contributed by atoms with E-state index in [9.17, 15) is 14.4 Å². The molecule has 0 spiro atoms. The molecule has 1 aliphatic heterocycles. The maximum atomic E-state index is 13.2. The molecule has 1 amide bonds. The number of hydrogen-bond acceptors (Lipinski definition) is 5. The van der Waals surface area contributed by atoms with Crippen LogP contribution in [-0.4, -0.2) is 48.7 Å². The van der Waals surface area contributed by atoms with Gasteiger partial charge in [0.1, 0.15) is 12.0 Å². The highest BCUT2D eigenvalue weighted by Gasteiger charge is 2.41. The first-order chi connectivity index (χ1) is 13.9. The van der Waals surface area contributed by atoms with Crippen LogP contribution in [0, 0.1) is 0 Å². The summed E-state index contributed by atoms with van der Waals surface area (Å²) in [5.41, 5.74) is 3.42. The molecular weight excluding hydrogens is 370 g/mol. The zero-order valence-corrected chi connectivity index (χ0v) is 16.7. The number of benzene rings is 1. The van der Waals surface area contributed by atoms with Crippen LogP contribution in [0.5, 0.6) is 0 Å². The van der Waals surface area contributed by atoms with Gasteiger partial charge in [-0.2, -0.15) is 0 Å². The molecule has 0 atom stereocenters. The normalized spacial score (nSPS) is 20.1. The summed E-state index contributed by atoms with van der Waals surface area (Å²) in [5.74, 6) is -1.12. The number of morpholine rings is 1. The average Bonchev–Trinajstić information content (AvgIpc) is 3.16. The number of carbonyl (C=O) groups excluding carboxylic acids is 3. The third kappa shape index (κ3) is 2.62. The maximum absolute atomic E-state index is 13.2. The Bertz CT molecular complexity index is 1060. The average molecular weight is 393 g/mol. The van der Waals surface area contributed by atoms with Crippen molar-refractivity contribution in [2.45, 2.75) is 38.5 Å². The van der Waals surface area contributed by atoms with Gasteiger partial charge in [0, 0.05) is 24.2 Å². The van der Waals surface area contributed by atoms with Crippen molar-refractivity contribution in [3.8, 4) is 11.3 Å². The first-order valence-corrected chi connectivity index (χ1v) is 10.1. The Kier molecular flexibility index (Phi) is 4.03. The van der Waals surface area contributed by atoms with Crippen LogP contribution in [0.3, 0.4) is 0 Å². The molecule has 0 unspecified atom stereocenters. The fourth-order valence-corrected chi connectivity index (χ4v) is 4.93. The van der Waals surface area contributed by atoms with E-state index in [1.54, 1.807) is 4.90 Å². The topological polar surface area (TPSA) is 76.8 Å². The summed E-state index contributed by atoms with van der Waals surface area (Å²) in [6, 6.07) is 3.92. The van der Waals surface area contributed by atoms with Crippen molar-refractivity contribution in [3.63, 3.8) is 0 Å². The zero-order valence-electron chi connectivity index (χ0n) is 16.7. The number of fused-ring (bicyclic) bond motifs is 5. The Morgan fingerprint density at radius 1 is 1.07 bits per heavy atom. The minimum absolute atomic E-state index is 0.0349. The van der Waals surface area contributed by atoms with E-state index in [4.69, 9.17) is 9.15 Å². The van der Waals surface area contributed by atoms with E-state index in [1.807, 2.05) is 12.1 Å². The fraction of sp³-hybridized carbons (Fsp3) is 0.435. The second-order valence-electron chi connectivity index (χ2n) is 8.67. The lowest BCUT2D eigenvalue weighted by molar-refractivity contribution is 0.0301. The monoisotopic (exact) mass is 393 g/mol. The van der Waals surface area contributed by atoms with Gasteiger partial charge in [0.05, 0.1) is 24.3 Å². The molecule has 1 fully saturated rings. The van der Waals surface area contributed by atoms with Gasteiger partial charge in [-0.3, -0.25) is 14.4 Å². The molecule has 3 aliphatic rings. The predicted molar refractivity (Wildman–Crippen MR) is 105 cm³/mol. The highest BCUT2D eigenvalue weighted by molar-refractivity contribution is 6.54. The second kappa shape index (κ2) is 6.39. The molecule has 2 aliphatic carbocycles. The number of carbonyl (C=O) groups is 3. The third-order valence-electron chi connectivity index (χ3n) is 6.50. The predicted octanol–water partition coefficient (Wildman–Crippen LogP) is 3.41. The van der Waals surface area contributed by atoms with Crippen molar-refractivity contribution >= 4 is 17.5 Å². The van der Waals surface area contributed by atoms with E-state index < -0.39 is 11.6 Å². The molecular formula is C23H23NO5. The molecule has 29 heavy (non-hydrogen) atoms. The van der Waals surface area contributed by atoms with Gasteiger partial charge in [0.25, 0.3) is 5.91 Å². The van der Waals surface area contributed by atoms with E-state index >= 15 is 0 Å². The smallest absolute Gasteiger partial charge is 0.258 e. The van der Waals surface area contributed by atoms with Crippen LogP contribution in [-0.2, 0) is 16.6 Å². The standard InChI is InChI=1S/C23H23NO5/c1-23(2)7-3-4-13-16(23)6-5-14-17(13)19(25)20(26)18-15(12-29-21(14)18)22(27)24-8-10-28-11-9-24/h5-6,12H,3-4,7-11H2,1-2H3. The lowest BCUT2D eigenvalue weighted by Gasteiger charge is -2.34. The largest absolute Gasteiger partial charge is 0.463 e. The molecule has 150 valence electrons. The number of nitrogens with zero attached hydrogens (tertiary/aromatic N) is 1. The van der Waals surface area contributed by atoms with E-state index in [-0.39, 0.29) is 22.4 Å². The van der Waals surface area contributed by atoms with Gasteiger partial charge in [0.15, 0.2) is 0 Å². The third-order valence-corrected chi connectivity index (χ3v) is 6.50. The van der Waals surface area contributed by atoms with Crippen LogP contribution in [0.25, 0.3) is 11.3 Å². The molecule has 5 rings (SSSR count). The van der Waals surface area contributed by atoms with Crippen LogP contribution in [0.15, 0.2) is 22.8 Å². The van der Waals surface area contributed by atoms with Crippen molar-refractivity contribution in [1.82, 2.24) is 4.90 Å². The minimum atomic E-state index is -0.644. The highest BCUT2D eigenvalue weighted by Crippen LogP contribution is 2.45. The molecule has 2 aromatic rings. The number of ether oxygens (including phenoxy) is 1. The molecule has 0 radical (unpaired) electrons. The SMILES string of the molecule is CC1(C)CCCc2c1ccc1c2C(=O)C(=O)c2c(C(=O)N3CCOCC3)coc2-1. The first kappa shape index (κ1) is 18.3. The van der Waals surface area contributed by atoms with E-state index in [2.05, 4.69) is 13.8 Å². The second-order valence-corrected chi connectivity index (χ2v) is 8.67. The van der Waals surface area contributed by atoms with Gasteiger partial charge in [-0.25, -0.2) is 0 Å². The van der Waals surface area contributed by atoms with Gasteiger partial charge in [-0.15, -0.1) is 0 Å². The number of amides is 1. The van der Waals surface area contributed by atoms with Gasteiger partial charge < -0.3 is 14.1 Å². The van der Waals surface area contributed by atoms with Crippen LogP contribution in [0.1, 0.15) is 68.9 Å². The molecule has 6 heteroatoms. The molecule has 6 nitrogen and oxygen atoms in total. The molecule has 2 heterocycles. The van der Waals surface area contributed by atoms with E-state index in [0.29, 0.717) is 43.2 Å². The van der Waals surface area contributed by atoms with Crippen molar-refractivity contribution in [3.05, 3.63) is 46.2 Å². The minimum Gasteiger partial charge on any atom is -0.463 e. The molecule has 1 saturated heterocycles. The quantitative estimate of drug-likeness (QED) is 0.694. The Labute approximate surface area is 168 Å². The van der Waals surface area contributed by atoms with Gasteiger partial charge in [0.2, 0.25) is 11.6 Å². The number of furan rings is 1. The van der Waals surface area contributed by atoms with Crippen molar-refractivity contribution in [1.29, 1.82) is 0 Å². The molecule has 1 aromatic carbocycles. The van der Waals surface area contributed by atoms with Crippen LogP contribution >= 0.6 is 0 Å². The van der Waals surface area contributed by atoms with Gasteiger partial charge >= 0.3 is 0 Å². The molecule has 0 bridgehead atoms. The Balaban J connectivity index is 1.65. The van der Waals surface area contributed by atoms with Gasteiger partial charge in [-0.1, -0.05) is 26.0 Å². The molecule has 1 aromatic heterocycles. The van der Waals surface area contributed by atoms with Crippen molar-refractivity contribution < 1.29 is 23.5 Å². The van der Waals surface area contributed by atoms with Crippen LogP contribution in [0.4, 0.5) is 0 Å². The molecule has 0 saturated carbocycles. The summed E-state index contributed by atoms with van der Waals surface area (Å²) in [7, 11) is 0. The van der Waals surface area contributed by atoms with Crippen LogP contribution in [0.2, 0.25) is 0 Å². The first-order valence-electron chi connectivity index (χ1n) is 10.1. The summed E-state index contributed by atoms with van der Waals surface area (Å²) in [4.78, 5) is 40.9. The van der Waals surface area contributed by atoms with Crippen molar-refractivity contribution in [2.75, 3.05) is 26.3 Å².